The molecule has 1 aromatic heterocycles. The Morgan fingerprint density at radius 3 is 2.47 bits per heavy atom. The van der Waals surface area contributed by atoms with E-state index in [2.05, 4.69) is 5.32 Å². The zero-order valence-corrected chi connectivity index (χ0v) is 17.9. The number of hydrogen-bond donors (Lipinski definition) is 1. The zero-order chi connectivity index (χ0) is 22.1. The number of carbonyl (C=O) groups is 1. The van der Waals surface area contributed by atoms with E-state index in [1.165, 1.54) is 16.4 Å². The van der Waals surface area contributed by atoms with E-state index in [-0.39, 0.29) is 41.5 Å². The molecule has 0 saturated carbocycles. The number of sulfonamides is 1. The normalized spacial score (nSPS) is 16.9. The number of hydrogen-bond acceptors (Lipinski definition) is 6. The van der Waals surface area contributed by atoms with E-state index in [4.69, 9.17) is 4.42 Å². The van der Waals surface area contributed by atoms with Gasteiger partial charge in [-0.3, -0.25) is 14.9 Å². The van der Waals surface area contributed by atoms with Crippen molar-refractivity contribution in [2.24, 2.45) is 5.92 Å². The summed E-state index contributed by atoms with van der Waals surface area (Å²) >= 11 is 0. The van der Waals surface area contributed by atoms with Crippen LogP contribution in [0.4, 0.5) is 5.69 Å². The van der Waals surface area contributed by atoms with E-state index >= 15 is 0 Å². The number of furan rings is 1. The third kappa shape index (κ3) is 4.54. The molecule has 1 fully saturated rings. The van der Waals surface area contributed by atoms with E-state index in [1.54, 1.807) is 6.92 Å². The van der Waals surface area contributed by atoms with Crippen LogP contribution in [-0.4, -0.2) is 36.6 Å². The van der Waals surface area contributed by atoms with E-state index in [9.17, 15) is 23.3 Å². The van der Waals surface area contributed by atoms with Gasteiger partial charge in [0.1, 0.15) is 11.5 Å². The molecule has 2 heterocycles. The number of piperidine rings is 1. The molecule has 1 atom stereocenters. The van der Waals surface area contributed by atoms with Crippen molar-refractivity contribution in [2.45, 2.75) is 44.6 Å². The molecular weight excluding hydrogens is 410 g/mol. The first kappa shape index (κ1) is 22.0. The zero-order valence-electron chi connectivity index (χ0n) is 17.1. The van der Waals surface area contributed by atoms with Crippen LogP contribution in [0.25, 0.3) is 0 Å². The predicted molar refractivity (Wildman–Crippen MR) is 109 cm³/mol. The van der Waals surface area contributed by atoms with Crippen LogP contribution < -0.4 is 5.32 Å². The van der Waals surface area contributed by atoms with Gasteiger partial charge in [-0.25, -0.2) is 8.42 Å². The summed E-state index contributed by atoms with van der Waals surface area (Å²) in [4.78, 5) is 22.9. The molecule has 1 aliphatic heterocycles. The molecule has 1 amide bonds. The van der Waals surface area contributed by atoms with Crippen molar-refractivity contribution < 1.29 is 22.6 Å². The molecule has 30 heavy (non-hydrogen) atoms. The standard InChI is InChI=1S/C20H25N3O6S/c1-13-4-6-17(23(25)26)12-19(13)30(27,28)22-10-8-16(9-11-22)20(24)21-15(3)18-7-5-14(2)29-18/h4-7,12,15-16H,8-11H2,1-3H3,(H,21,24). The van der Waals surface area contributed by atoms with Crippen molar-refractivity contribution in [3.8, 4) is 0 Å². The van der Waals surface area contributed by atoms with Crippen molar-refractivity contribution in [3.05, 3.63) is 57.5 Å². The van der Waals surface area contributed by atoms with Gasteiger partial charge in [-0.15, -0.1) is 0 Å². The van der Waals surface area contributed by atoms with Crippen LogP contribution in [0, 0.1) is 29.9 Å². The van der Waals surface area contributed by atoms with Crippen molar-refractivity contribution >= 4 is 21.6 Å². The maximum absolute atomic E-state index is 13.0. The highest BCUT2D eigenvalue weighted by molar-refractivity contribution is 7.89. The SMILES string of the molecule is Cc1ccc(C(C)NC(=O)C2CCN(S(=O)(=O)c3cc([N+](=O)[O-])ccc3C)CC2)o1. The monoisotopic (exact) mass is 435 g/mol. The summed E-state index contributed by atoms with van der Waals surface area (Å²) in [6, 6.07) is 7.18. The molecule has 1 aromatic carbocycles. The maximum atomic E-state index is 13.0. The highest BCUT2D eigenvalue weighted by atomic mass is 32.2. The van der Waals surface area contributed by atoms with Gasteiger partial charge in [-0.2, -0.15) is 4.31 Å². The third-order valence-electron chi connectivity index (χ3n) is 5.37. The van der Waals surface area contributed by atoms with Crippen molar-refractivity contribution in [1.82, 2.24) is 9.62 Å². The number of carbonyl (C=O) groups excluding carboxylic acids is 1. The minimum atomic E-state index is -3.88. The van der Waals surface area contributed by atoms with Gasteiger partial charge in [0.15, 0.2) is 0 Å². The van der Waals surface area contributed by atoms with Crippen molar-refractivity contribution in [3.63, 3.8) is 0 Å². The van der Waals surface area contributed by atoms with Crippen LogP contribution in [0.5, 0.6) is 0 Å². The average Bonchev–Trinajstić information content (AvgIpc) is 3.14. The molecule has 2 aromatic rings. The number of aryl methyl sites for hydroxylation is 2. The van der Waals surface area contributed by atoms with Gasteiger partial charge in [0.25, 0.3) is 5.69 Å². The van der Waals surface area contributed by atoms with Crippen molar-refractivity contribution in [1.29, 1.82) is 0 Å². The first-order valence-corrected chi connectivity index (χ1v) is 11.2. The number of nitro benzene ring substituents is 1. The number of benzene rings is 1. The number of amides is 1. The van der Waals surface area contributed by atoms with Crippen LogP contribution in [0.2, 0.25) is 0 Å². The van der Waals surface area contributed by atoms with Crippen LogP contribution in [0.1, 0.15) is 42.9 Å². The number of rotatable bonds is 6. The highest BCUT2D eigenvalue weighted by Gasteiger charge is 2.34. The lowest BCUT2D eigenvalue weighted by Crippen LogP contribution is -2.43. The van der Waals surface area contributed by atoms with Crippen LogP contribution in [-0.2, 0) is 14.8 Å². The Balaban J connectivity index is 1.65. The van der Waals surface area contributed by atoms with Gasteiger partial charge < -0.3 is 9.73 Å². The van der Waals surface area contributed by atoms with Crippen LogP contribution in [0.3, 0.4) is 0 Å². The Hall–Kier alpha value is -2.72. The summed E-state index contributed by atoms with van der Waals surface area (Å²) in [5.74, 6) is 0.990. The molecule has 162 valence electrons. The smallest absolute Gasteiger partial charge is 0.270 e. The predicted octanol–water partition coefficient (Wildman–Crippen LogP) is 3.08. The van der Waals surface area contributed by atoms with Gasteiger partial charge in [0.05, 0.1) is 15.9 Å². The third-order valence-corrected chi connectivity index (χ3v) is 7.41. The maximum Gasteiger partial charge on any atom is 0.270 e. The van der Waals surface area contributed by atoms with E-state index in [0.717, 1.165) is 11.8 Å². The molecule has 0 bridgehead atoms. The second-order valence-corrected chi connectivity index (χ2v) is 9.47. The second-order valence-electron chi connectivity index (χ2n) is 7.56. The van der Waals surface area contributed by atoms with Gasteiger partial charge in [-0.1, -0.05) is 6.07 Å². The molecule has 0 aliphatic carbocycles. The highest BCUT2D eigenvalue weighted by Crippen LogP contribution is 2.28. The minimum Gasteiger partial charge on any atom is -0.464 e. The first-order chi connectivity index (χ1) is 14.1. The van der Waals surface area contributed by atoms with E-state index in [1.807, 2.05) is 26.0 Å². The Kier molecular flexibility index (Phi) is 6.27. The summed E-state index contributed by atoms with van der Waals surface area (Å²) < 4.78 is 32.9. The van der Waals surface area contributed by atoms with Crippen molar-refractivity contribution in [2.75, 3.05) is 13.1 Å². The molecule has 1 N–H and O–H groups in total. The summed E-state index contributed by atoms with van der Waals surface area (Å²) in [5, 5.41) is 13.9. The lowest BCUT2D eigenvalue weighted by atomic mass is 9.97. The molecule has 0 radical (unpaired) electrons. The number of nitro groups is 1. The molecule has 9 nitrogen and oxygen atoms in total. The summed E-state index contributed by atoms with van der Waals surface area (Å²) in [5.41, 5.74) is 0.179. The average molecular weight is 436 g/mol. The lowest BCUT2D eigenvalue weighted by Gasteiger charge is -2.31. The van der Waals surface area contributed by atoms with Gasteiger partial charge in [0, 0.05) is 31.1 Å². The van der Waals surface area contributed by atoms with Gasteiger partial charge >= 0.3 is 0 Å². The number of non-ortho nitro benzene ring substituents is 1. The fraction of sp³-hybridized carbons (Fsp3) is 0.450. The summed E-state index contributed by atoms with van der Waals surface area (Å²) in [6.45, 7) is 5.63. The van der Waals surface area contributed by atoms with E-state index < -0.39 is 14.9 Å². The quantitative estimate of drug-likeness (QED) is 0.549. The Labute approximate surface area is 175 Å². The minimum absolute atomic E-state index is 0.0681. The fourth-order valence-electron chi connectivity index (χ4n) is 3.57. The largest absolute Gasteiger partial charge is 0.464 e. The number of nitrogens with one attached hydrogen (secondary N) is 1. The molecule has 1 aliphatic rings. The number of nitrogens with zero attached hydrogens (tertiary/aromatic N) is 2. The van der Waals surface area contributed by atoms with Crippen LogP contribution >= 0.6 is 0 Å². The summed E-state index contributed by atoms with van der Waals surface area (Å²) in [6.07, 6.45) is 0.756. The molecular formula is C20H25N3O6S. The van der Waals surface area contributed by atoms with Crippen LogP contribution in [0.15, 0.2) is 39.6 Å². The topological polar surface area (TPSA) is 123 Å². The lowest BCUT2D eigenvalue weighted by molar-refractivity contribution is -0.385. The first-order valence-electron chi connectivity index (χ1n) is 9.71. The Bertz CT molecular complexity index is 1050. The Morgan fingerprint density at radius 2 is 1.90 bits per heavy atom. The van der Waals surface area contributed by atoms with Gasteiger partial charge in [-0.05, 0) is 51.3 Å². The molecule has 3 rings (SSSR count). The molecule has 0 spiro atoms. The molecule has 10 heteroatoms. The Morgan fingerprint density at radius 1 is 1.23 bits per heavy atom. The summed E-state index contributed by atoms with van der Waals surface area (Å²) in [7, 11) is -3.88. The second kappa shape index (κ2) is 8.57. The van der Waals surface area contributed by atoms with Gasteiger partial charge in [0.2, 0.25) is 15.9 Å². The van der Waals surface area contributed by atoms with E-state index in [0.29, 0.717) is 24.2 Å². The molecule has 1 saturated heterocycles. The fourth-order valence-corrected chi connectivity index (χ4v) is 5.28. The molecule has 1 unspecified atom stereocenters.